The van der Waals surface area contributed by atoms with Crippen LogP contribution in [0.4, 0.5) is 0 Å². The van der Waals surface area contributed by atoms with E-state index in [9.17, 15) is 5.21 Å². The summed E-state index contributed by atoms with van der Waals surface area (Å²) >= 11 is 0. The van der Waals surface area contributed by atoms with Gasteiger partial charge in [0.15, 0.2) is 0 Å². The van der Waals surface area contributed by atoms with E-state index in [0.29, 0.717) is 13.1 Å². The fraction of sp³-hybridized carbons (Fsp3) is 1.00. The van der Waals surface area contributed by atoms with Crippen molar-refractivity contribution in [2.24, 2.45) is 0 Å². The number of hydrogen-bond acceptors (Lipinski definition) is 4. The Kier molecular flexibility index (Phi) is 3.06. The van der Waals surface area contributed by atoms with E-state index >= 15 is 0 Å². The van der Waals surface area contributed by atoms with E-state index in [1.54, 1.807) is 0 Å². The molecule has 1 saturated heterocycles. The standard InChI is InChI=1S/C8H17N2O2/c1-8(2,3)10(11)5-4-9-7-6-12-7/h7,9H,4-6H2,1-3H3/q-1. The second-order valence-electron chi connectivity index (χ2n) is 4.05. The van der Waals surface area contributed by atoms with Crippen LogP contribution >= 0.6 is 0 Å². The van der Waals surface area contributed by atoms with Crippen LogP contribution in [0.15, 0.2) is 0 Å². The minimum absolute atomic E-state index is 0.207. The van der Waals surface area contributed by atoms with Crippen LogP contribution in [0.1, 0.15) is 20.8 Å². The third-order valence-corrected chi connectivity index (χ3v) is 1.77. The lowest BCUT2D eigenvalue weighted by Crippen LogP contribution is -2.41. The first-order valence-electron chi connectivity index (χ1n) is 4.30. The topological polar surface area (TPSA) is 50.9 Å². The number of ether oxygens (including phenoxy) is 1. The SMILES string of the molecule is CC(C)(C)N([O-])CCNC1CO1. The molecule has 1 heterocycles. The van der Waals surface area contributed by atoms with Crippen molar-refractivity contribution in [1.29, 1.82) is 0 Å². The van der Waals surface area contributed by atoms with Crippen molar-refractivity contribution >= 4 is 0 Å². The summed E-state index contributed by atoms with van der Waals surface area (Å²) in [6.07, 6.45) is 0.207. The Labute approximate surface area is 73.5 Å². The van der Waals surface area contributed by atoms with Gasteiger partial charge in [-0.1, -0.05) is 0 Å². The molecule has 72 valence electrons. The maximum absolute atomic E-state index is 11.3. The van der Waals surface area contributed by atoms with E-state index in [1.165, 1.54) is 0 Å². The van der Waals surface area contributed by atoms with Gasteiger partial charge in [0.2, 0.25) is 0 Å². The van der Waals surface area contributed by atoms with Crippen LogP contribution in [0.2, 0.25) is 0 Å². The highest BCUT2D eigenvalue weighted by Crippen LogP contribution is 2.10. The second kappa shape index (κ2) is 3.70. The molecule has 4 nitrogen and oxygen atoms in total. The van der Waals surface area contributed by atoms with Crippen molar-refractivity contribution < 1.29 is 4.74 Å². The van der Waals surface area contributed by atoms with Crippen molar-refractivity contribution in [3.63, 3.8) is 0 Å². The molecule has 0 aromatic rings. The first-order valence-corrected chi connectivity index (χ1v) is 4.30. The number of rotatable bonds is 4. The molecule has 1 unspecified atom stereocenters. The largest absolute Gasteiger partial charge is 0.785 e. The summed E-state index contributed by atoms with van der Waals surface area (Å²) in [6.45, 7) is 7.73. The quantitative estimate of drug-likeness (QED) is 0.497. The molecule has 4 heteroatoms. The molecule has 0 amide bonds. The number of nitrogens with zero attached hydrogens (tertiary/aromatic N) is 1. The van der Waals surface area contributed by atoms with Crippen LogP contribution in [0.5, 0.6) is 0 Å². The summed E-state index contributed by atoms with van der Waals surface area (Å²) in [7, 11) is 0. The average molecular weight is 173 g/mol. The molecule has 0 radical (unpaired) electrons. The summed E-state index contributed by atoms with van der Waals surface area (Å²) in [5.41, 5.74) is -0.286. The summed E-state index contributed by atoms with van der Waals surface area (Å²) < 4.78 is 4.94. The molecule has 1 fully saturated rings. The molecule has 1 atom stereocenters. The zero-order valence-corrected chi connectivity index (χ0v) is 7.96. The lowest BCUT2D eigenvalue weighted by Gasteiger charge is -2.41. The maximum atomic E-state index is 11.3. The number of nitrogens with one attached hydrogen (secondary N) is 1. The second-order valence-corrected chi connectivity index (χ2v) is 4.05. The molecular formula is C8H17N2O2-. The third kappa shape index (κ3) is 3.49. The molecule has 0 spiro atoms. The molecule has 0 saturated carbocycles. The van der Waals surface area contributed by atoms with E-state index in [1.807, 2.05) is 20.8 Å². The lowest BCUT2D eigenvalue weighted by atomic mass is 10.1. The Morgan fingerprint density at radius 2 is 2.17 bits per heavy atom. The molecule has 1 aliphatic heterocycles. The zero-order valence-electron chi connectivity index (χ0n) is 7.96. The Morgan fingerprint density at radius 3 is 2.58 bits per heavy atom. The maximum Gasteiger partial charge on any atom is 0.132 e. The molecule has 0 aromatic carbocycles. The fourth-order valence-corrected chi connectivity index (χ4v) is 0.828. The van der Waals surface area contributed by atoms with Gasteiger partial charge < -0.3 is 15.0 Å². The highest BCUT2D eigenvalue weighted by atomic mass is 16.6. The first kappa shape index (κ1) is 9.92. The molecule has 1 rings (SSSR count). The lowest BCUT2D eigenvalue weighted by molar-refractivity contribution is 0.203. The van der Waals surface area contributed by atoms with Crippen LogP contribution in [-0.2, 0) is 4.74 Å². The van der Waals surface area contributed by atoms with Gasteiger partial charge in [-0.15, -0.1) is 0 Å². The van der Waals surface area contributed by atoms with Crippen molar-refractivity contribution in [3.05, 3.63) is 5.21 Å². The van der Waals surface area contributed by atoms with Gasteiger partial charge in [0.05, 0.1) is 6.61 Å². The molecule has 0 bridgehead atoms. The van der Waals surface area contributed by atoms with Gasteiger partial charge in [-0.3, -0.25) is 5.32 Å². The van der Waals surface area contributed by atoms with Crippen molar-refractivity contribution in [2.75, 3.05) is 19.7 Å². The Balaban J connectivity index is 2.04. The monoisotopic (exact) mass is 173 g/mol. The predicted molar refractivity (Wildman–Crippen MR) is 47.6 cm³/mol. The molecule has 1 N–H and O–H groups in total. The Morgan fingerprint density at radius 1 is 1.58 bits per heavy atom. The van der Waals surface area contributed by atoms with Crippen LogP contribution in [0.3, 0.4) is 0 Å². The van der Waals surface area contributed by atoms with Gasteiger partial charge in [0, 0.05) is 12.1 Å². The highest BCUT2D eigenvalue weighted by molar-refractivity contribution is 4.77. The van der Waals surface area contributed by atoms with E-state index in [2.05, 4.69) is 5.32 Å². The molecule has 0 aliphatic carbocycles. The molecule has 12 heavy (non-hydrogen) atoms. The summed E-state index contributed by atoms with van der Waals surface area (Å²) in [4.78, 5) is 0. The van der Waals surface area contributed by atoms with Crippen LogP contribution in [0.25, 0.3) is 0 Å². The number of hydrogen-bond donors (Lipinski definition) is 1. The summed E-state index contributed by atoms with van der Waals surface area (Å²) in [6, 6.07) is 0. The van der Waals surface area contributed by atoms with Crippen LogP contribution < -0.4 is 5.32 Å². The zero-order chi connectivity index (χ0) is 9.19. The van der Waals surface area contributed by atoms with Gasteiger partial charge in [-0.25, -0.2) is 0 Å². The van der Waals surface area contributed by atoms with Crippen molar-refractivity contribution in [2.45, 2.75) is 32.5 Å². The van der Waals surface area contributed by atoms with Crippen molar-refractivity contribution in [1.82, 2.24) is 10.4 Å². The van der Waals surface area contributed by atoms with E-state index < -0.39 is 0 Å². The summed E-state index contributed by atoms with van der Waals surface area (Å²) in [5.74, 6) is 0. The minimum Gasteiger partial charge on any atom is -0.785 e. The van der Waals surface area contributed by atoms with Crippen LogP contribution in [-0.4, -0.2) is 36.5 Å². The Hall–Kier alpha value is -0.160. The van der Waals surface area contributed by atoms with Gasteiger partial charge >= 0.3 is 0 Å². The van der Waals surface area contributed by atoms with E-state index in [0.717, 1.165) is 11.7 Å². The fourth-order valence-electron chi connectivity index (χ4n) is 0.828. The molecule has 0 aromatic heterocycles. The van der Waals surface area contributed by atoms with E-state index in [4.69, 9.17) is 4.74 Å². The predicted octanol–water partition coefficient (Wildman–Crippen LogP) is 0.531. The minimum atomic E-state index is -0.286. The van der Waals surface area contributed by atoms with Crippen molar-refractivity contribution in [3.8, 4) is 0 Å². The molecule has 1 aliphatic rings. The first-order chi connectivity index (χ1) is 5.50. The van der Waals surface area contributed by atoms with Gasteiger partial charge in [0.25, 0.3) is 0 Å². The van der Waals surface area contributed by atoms with Gasteiger partial charge in [0.1, 0.15) is 6.23 Å². The number of epoxide rings is 1. The Bertz CT molecular complexity index is 140. The smallest absolute Gasteiger partial charge is 0.132 e. The van der Waals surface area contributed by atoms with Gasteiger partial charge in [-0.2, -0.15) is 0 Å². The normalized spacial score (nSPS) is 23.2. The van der Waals surface area contributed by atoms with Gasteiger partial charge in [-0.05, 0) is 27.3 Å². The third-order valence-electron chi connectivity index (χ3n) is 1.77. The van der Waals surface area contributed by atoms with Crippen LogP contribution in [0, 0.1) is 5.21 Å². The van der Waals surface area contributed by atoms with E-state index in [-0.39, 0.29) is 11.8 Å². The molecular weight excluding hydrogens is 156 g/mol. The highest BCUT2D eigenvalue weighted by Gasteiger charge is 2.21. The summed E-state index contributed by atoms with van der Waals surface area (Å²) in [5, 5.41) is 15.5. The number of hydroxylamine groups is 2. The average Bonchev–Trinajstić information content (AvgIpc) is 2.69.